The van der Waals surface area contributed by atoms with E-state index in [2.05, 4.69) is 15.2 Å². The normalized spacial score (nSPS) is 18.5. The Kier molecular flexibility index (Phi) is 5.03. The number of anilines is 1. The highest BCUT2D eigenvalue weighted by Crippen LogP contribution is 2.35. The van der Waals surface area contributed by atoms with Crippen molar-refractivity contribution in [3.63, 3.8) is 0 Å². The number of pyridine rings is 1. The van der Waals surface area contributed by atoms with Crippen molar-refractivity contribution < 1.29 is 18.9 Å². The van der Waals surface area contributed by atoms with Crippen molar-refractivity contribution in [1.29, 1.82) is 0 Å². The summed E-state index contributed by atoms with van der Waals surface area (Å²) < 4.78 is 22.3. The SMILES string of the molecule is S=C(Nc1cccnc1)N1CCOC(COc2ccc3c(c2)OCO3)C1. The number of rotatable bonds is 4. The van der Waals surface area contributed by atoms with Crippen LogP contribution in [0.5, 0.6) is 17.2 Å². The summed E-state index contributed by atoms with van der Waals surface area (Å²) in [7, 11) is 0. The number of benzene rings is 1. The van der Waals surface area contributed by atoms with Gasteiger partial charge in [0, 0.05) is 25.4 Å². The van der Waals surface area contributed by atoms with Gasteiger partial charge in [-0.05, 0) is 36.5 Å². The molecule has 7 nitrogen and oxygen atoms in total. The first-order valence-corrected chi connectivity index (χ1v) is 8.79. The molecule has 1 fully saturated rings. The fourth-order valence-corrected chi connectivity index (χ4v) is 3.08. The molecular formula is C18H19N3O4S. The van der Waals surface area contributed by atoms with Crippen LogP contribution in [0.1, 0.15) is 0 Å². The highest BCUT2D eigenvalue weighted by Gasteiger charge is 2.23. The third kappa shape index (κ3) is 3.97. The lowest BCUT2D eigenvalue weighted by Gasteiger charge is -2.34. The maximum atomic E-state index is 5.86. The second kappa shape index (κ2) is 7.76. The van der Waals surface area contributed by atoms with Crippen LogP contribution >= 0.6 is 12.2 Å². The van der Waals surface area contributed by atoms with Crippen LogP contribution in [0.4, 0.5) is 5.69 Å². The molecule has 0 spiro atoms. The van der Waals surface area contributed by atoms with Crippen LogP contribution in [0.3, 0.4) is 0 Å². The van der Waals surface area contributed by atoms with E-state index in [0.29, 0.717) is 30.6 Å². The summed E-state index contributed by atoms with van der Waals surface area (Å²) in [6.45, 7) is 2.69. The Morgan fingerprint density at radius 1 is 1.31 bits per heavy atom. The van der Waals surface area contributed by atoms with Gasteiger partial charge < -0.3 is 29.2 Å². The molecule has 1 N–H and O–H groups in total. The van der Waals surface area contributed by atoms with E-state index in [1.807, 2.05) is 30.3 Å². The fraction of sp³-hybridized carbons (Fsp3) is 0.333. The van der Waals surface area contributed by atoms with Crippen LogP contribution in [0, 0.1) is 0 Å². The van der Waals surface area contributed by atoms with Gasteiger partial charge in [0.05, 0.1) is 18.5 Å². The molecule has 1 aromatic carbocycles. The zero-order chi connectivity index (χ0) is 17.8. The molecule has 26 heavy (non-hydrogen) atoms. The van der Waals surface area contributed by atoms with Gasteiger partial charge in [-0.15, -0.1) is 0 Å². The second-order valence-electron chi connectivity index (χ2n) is 5.94. The molecule has 8 heteroatoms. The summed E-state index contributed by atoms with van der Waals surface area (Å²) in [5.74, 6) is 2.17. The molecule has 0 radical (unpaired) electrons. The highest BCUT2D eigenvalue weighted by atomic mass is 32.1. The highest BCUT2D eigenvalue weighted by molar-refractivity contribution is 7.80. The molecule has 1 saturated heterocycles. The maximum Gasteiger partial charge on any atom is 0.231 e. The number of hydrogen-bond donors (Lipinski definition) is 1. The number of nitrogens with one attached hydrogen (secondary N) is 1. The van der Waals surface area contributed by atoms with Crippen LogP contribution in [0.2, 0.25) is 0 Å². The minimum Gasteiger partial charge on any atom is -0.491 e. The van der Waals surface area contributed by atoms with E-state index in [1.165, 1.54) is 0 Å². The van der Waals surface area contributed by atoms with Crippen molar-refractivity contribution in [2.75, 3.05) is 38.4 Å². The molecule has 0 amide bonds. The van der Waals surface area contributed by atoms with Gasteiger partial charge in [-0.1, -0.05) is 0 Å². The monoisotopic (exact) mass is 373 g/mol. The van der Waals surface area contributed by atoms with Gasteiger partial charge in [0.2, 0.25) is 6.79 Å². The number of thiocarbonyl (C=S) groups is 1. The van der Waals surface area contributed by atoms with Crippen molar-refractivity contribution in [2.24, 2.45) is 0 Å². The molecule has 3 heterocycles. The molecule has 1 aromatic heterocycles. The van der Waals surface area contributed by atoms with Crippen molar-refractivity contribution in [2.45, 2.75) is 6.10 Å². The second-order valence-corrected chi connectivity index (χ2v) is 6.32. The number of nitrogens with zero attached hydrogens (tertiary/aromatic N) is 2. The first kappa shape index (κ1) is 16.9. The van der Waals surface area contributed by atoms with E-state index in [4.69, 9.17) is 31.2 Å². The Hall–Kier alpha value is -2.58. The summed E-state index contributed by atoms with van der Waals surface area (Å²) in [4.78, 5) is 6.16. The molecule has 4 rings (SSSR count). The molecule has 136 valence electrons. The predicted octanol–water partition coefficient (Wildman–Crippen LogP) is 2.29. The van der Waals surface area contributed by atoms with E-state index >= 15 is 0 Å². The molecular weight excluding hydrogens is 354 g/mol. The van der Waals surface area contributed by atoms with Crippen LogP contribution in [-0.4, -0.2) is 54.2 Å². The topological polar surface area (TPSA) is 65.1 Å². The van der Waals surface area contributed by atoms with E-state index < -0.39 is 0 Å². The first-order valence-electron chi connectivity index (χ1n) is 8.38. The zero-order valence-electron chi connectivity index (χ0n) is 14.1. The standard InChI is InChI=1S/C18H19N3O4S/c26-18(20-13-2-1-5-19-9-13)21-6-7-22-15(10-21)11-23-14-3-4-16-17(8-14)25-12-24-16/h1-5,8-9,15H,6-7,10-12H2,(H,20,26). The molecule has 2 aliphatic heterocycles. The Bertz CT molecular complexity index is 774. The summed E-state index contributed by atoms with van der Waals surface area (Å²) in [6, 6.07) is 9.34. The van der Waals surface area contributed by atoms with Gasteiger partial charge in [-0.25, -0.2) is 0 Å². The van der Waals surface area contributed by atoms with Crippen molar-refractivity contribution in [1.82, 2.24) is 9.88 Å². The van der Waals surface area contributed by atoms with Crippen molar-refractivity contribution >= 4 is 23.0 Å². The van der Waals surface area contributed by atoms with E-state index in [0.717, 1.165) is 23.7 Å². The van der Waals surface area contributed by atoms with E-state index in [-0.39, 0.29) is 12.9 Å². The average Bonchev–Trinajstić information content (AvgIpc) is 3.15. The Balaban J connectivity index is 1.30. The quantitative estimate of drug-likeness (QED) is 0.819. The summed E-state index contributed by atoms with van der Waals surface area (Å²) in [6.07, 6.45) is 3.40. The van der Waals surface area contributed by atoms with Crippen LogP contribution < -0.4 is 19.5 Å². The van der Waals surface area contributed by atoms with Gasteiger partial charge in [0.1, 0.15) is 18.5 Å². The number of ether oxygens (including phenoxy) is 4. The molecule has 0 aliphatic carbocycles. The maximum absolute atomic E-state index is 5.86. The largest absolute Gasteiger partial charge is 0.491 e. The number of hydrogen-bond acceptors (Lipinski definition) is 6. The lowest BCUT2D eigenvalue weighted by molar-refractivity contribution is -0.0280. The Morgan fingerprint density at radius 2 is 2.23 bits per heavy atom. The third-order valence-corrected chi connectivity index (χ3v) is 4.48. The number of morpholine rings is 1. The van der Waals surface area contributed by atoms with Crippen LogP contribution in [0.25, 0.3) is 0 Å². The average molecular weight is 373 g/mol. The lowest BCUT2D eigenvalue weighted by atomic mass is 10.3. The molecule has 1 unspecified atom stereocenters. The predicted molar refractivity (Wildman–Crippen MR) is 99.8 cm³/mol. The number of fused-ring (bicyclic) bond motifs is 1. The van der Waals surface area contributed by atoms with Crippen molar-refractivity contribution in [3.05, 3.63) is 42.7 Å². The van der Waals surface area contributed by atoms with E-state index in [9.17, 15) is 0 Å². The van der Waals surface area contributed by atoms with Crippen LogP contribution in [0.15, 0.2) is 42.7 Å². The zero-order valence-corrected chi connectivity index (χ0v) is 14.9. The molecule has 0 bridgehead atoms. The lowest BCUT2D eigenvalue weighted by Crippen LogP contribution is -2.49. The molecule has 2 aromatic rings. The summed E-state index contributed by atoms with van der Waals surface area (Å²) in [5, 5.41) is 3.86. The van der Waals surface area contributed by atoms with Gasteiger partial charge in [-0.3, -0.25) is 4.98 Å². The van der Waals surface area contributed by atoms with Gasteiger partial charge in [-0.2, -0.15) is 0 Å². The molecule has 2 aliphatic rings. The number of aromatic nitrogens is 1. The Labute approximate surface area is 156 Å². The minimum absolute atomic E-state index is 0.0668. The first-order chi connectivity index (χ1) is 12.8. The molecule has 1 atom stereocenters. The molecule has 0 saturated carbocycles. The smallest absolute Gasteiger partial charge is 0.231 e. The van der Waals surface area contributed by atoms with Crippen LogP contribution in [-0.2, 0) is 4.74 Å². The van der Waals surface area contributed by atoms with Gasteiger partial charge in [0.15, 0.2) is 16.6 Å². The summed E-state index contributed by atoms with van der Waals surface area (Å²) in [5.41, 5.74) is 0.872. The third-order valence-electron chi connectivity index (χ3n) is 4.12. The van der Waals surface area contributed by atoms with Crippen molar-refractivity contribution in [3.8, 4) is 17.2 Å². The minimum atomic E-state index is -0.0668. The van der Waals surface area contributed by atoms with Gasteiger partial charge in [0.25, 0.3) is 0 Å². The van der Waals surface area contributed by atoms with Gasteiger partial charge >= 0.3 is 0 Å². The summed E-state index contributed by atoms with van der Waals surface area (Å²) >= 11 is 5.50. The fourth-order valence-electron chi connectivity index (χ4n) is 2.80. The Morgan fingerprint density at radius 3 is 3.12 bits per heavy atom. The van der Waals surface area contributed by atoms with E-state index in [1.54, 1.807) is 12.4 Å².